The average molecular weight is 833 g/mol. The van der Waals surface area contributed by atoms with Crippen LogP contribution in [0.5, 0.6) is 0 Å². The lowest BCUT2D eigenvalue weighted by atomic mass is 10.0. The van der Waals surface area contributed by atoms with Crippen molar-refractivity contribution in [2.24, 2.45) is 0 Å². The van der Waals surface area contributed by atoms with E-state index in [0.29, 0.717) is 33.4 Å². The van der Waals surface area contributed by atoms with Gasteiger partial charge in [-0.25, -0.2) is 16.8 Å². The molecule has 0 amide bonds. The monoisotopic (exact) mass is 832 g/mol. The number of hydrogen-bond donors (Lipinski definition) is 2. The Morgan fingerprint density at radius 3 is 1.20 bits per heavy atom. The van der Waals surface area contributed by atoms with E-state index in [0.717, 1.165) is 8.61 Å². The lowest BCUT2D eigenvalue weighted by Crippen LogP contribution is -2.39. The number of Topliss-reactive ketones (excluding diaryl/α,β-unsaturated/α-hetero) is 2. The molecule has 296 valence electrons. The van der Waals surface area contributed by atoms with Gasteiger partial charge in [0.25, 0.3) is 20.0 Å². The first-order valence-electron chi connectivity index (χ1n) is 18.1. The molecule has 0 bridgehead atoms. The highest BCUT2D eigenvalue weighted by molar-refractivity contribution is 7.89. The molecular formula is C46H32N4O8S2. The van der Waals surface area contributed by atoms with Gasteiger partial charge in [0, 0.05) is 22.3 Å². The lowest BCUT2D eigenvalue weighted by molar-refractivity contribution is 0.0990. The van der Waals surface area contributed by atoms with E-state index in [9.17, 15) is 36.6 Å². The van der Waals surface area contributed by atoms with Crippen LogP contribution in [0.25, 0.3) is 11.5 Å². The van der Waals surface area contributed by atoms with Crippen LogP contribution < -0.4 is 0 Å². The molecule has 2 aliphatic rings. The molecule has 2 heterocycles. The van der Waals surface area contributed by atoms with Crippen LogP contribution in [0.3, 0.4) is 0 Å². The first kappa shape index (κ1) is 40.4. The van der Waals surface area contributed by atoms with Crippen LogP contribution in [0.1, 0.15) is 54.1 Å². The number of ketones is 2. The van der Waals surface area contributed by atoms with Crippen molar-refractivity contribution in [3.05, 3.63) is 214 Å². The van der Waals surface area contributed by atoms with Crippen LogP contribution in [-0.4, -0.2) is 47.2 Å². The Morgan fingerprint density at radius 1 is 0.483 bits per heavy atom. The summed E-state index contributed by atoms with van der Waals surface area (Å²) in [5.74, 6) is -2.01. The maximum atomic E-state index is 13.4. The van der Waals surface area contributed by atoms with Gasteiger partial charge in [0.2, 0.25) is 11.6 Å². The van der Waals surface area contributed by atoms with Crippen molar-refractivity contribution in [2.75, 3.05) is 0 Å². The summed E-state index contributed by atoms with van der Waals surface area (Å²) < 4.78 is 55.5. The number of nitriles is 2. The van der Waals surface area contributed by atoms with Gasteiger partial charge in [-0.15, -0.1) is 0 Å². The standard InChI is InChI=1S/2C23H16N2O4S/c2*24-14-16-7-6-8-17(13-16)15-25-21(22(26)18-9-2-1-3-10-18)23(27)19-11-4-5-12-20(19)30(25,28)29/h2*1-13,26H,15H2/b2*22-21+. The molecule has 0 atom stereocenters. The third-order valence-electron chi connectivity index (χ3n) is 9.64. The summed E-state index contributed by atoms with van der Waals surface area (Å²) >= 11 is 0. The maximum absolute atomic E-state index is 13.4. The van der Waals surface area contributed by atoms with Gasteiger partial charge in [-0.05, 0) is 59.7 Å². The molecular weight excluding hydrogens is 801 g/mol. The Labute approximate surface area is 346 Å². The Hall–Kier alpha value is -7.78. The zero-order valence-electron chi connectivity index (χ0n) is 31.4. The van der Waals surface area contributed by atoms with Crippen molar-refractivity contribution < 1.29 is 36.6 Å². The predicted octanol–water partition coefficient (Wildman–Crippen LogP) is 7.74. The predicted molar refractivity (Wildman–Crippen MR) is 221 cm³/mol. The molecule has 0 saturated heterocycles. The maximum Gasteiger partial charge on any atom is 0.265 e. The van der Waals surface area contributed by atoms with Gasteiger partial charge >= 0.3 is 0 Å². The fraction of sp³-hybridized carbons (Fsp3) is 0.0435. The van der Waals surface area contributed by atoms with Gasteiger partial charge in [0.05, 0.1) is 46.1 Å². The second-order valence-corrected chi connectivity index (χ2v) is 17.1. The summed E-state index contributed by atoms with van der Waals surface area (Å²) in [6.07, 6.45) is 0. The summed E-state index contributed by atoms with van der Waals surface area (Å²) in [5, 5.41) is 40.1. The van der Waals surface area contributed by atoms with Gasteiger partial charge in [-0.2, -0.15) is 10.5 Å². The number of allylic oxidation sites excluding steroid dienone is 2. The second-order valence-electron chi connectivity index (χ2n) is 13.4. The number of nitrogens with zero attached hydrogens (tertiary/aromatic N) is 4. The van der Waals surface area contributed by atoms with Gasteiger partial charge < -0.3 is 10.2 Å². The Kier molecular flexibility index (Phi) is 11.2. The fourth-order valence-electron chi connectivity index (χ4n) is 6.77. The fourth-order valence-corrected chi connectivity index (χ4v) is 10.1. The number of carbonyl (C=O) groups is 2. The van der Waals surface area contributed by atoms with Crippen LogP contribution in [-0.2, 0) is 33.1 Å². The van der Waals surface area contributed by atoms with Crippen molar-refractivity contribution >= 4 is 43.1 Å². The minimum absolute atomic E-state index is 0.0111. The average Bonchev–Trinajstić information content (AvgIpc) is 3.28. The molecule has 0 aromatic heterocycles. The molecule has 0 aliphatic carbocycles. The Bertz CT molecular complexity index is 2850. The van der Waals surface area contributed by atoms with E-state index < -0.39 is 43.1 Å². The van der Waals surface area contributed by atoms with Crippen molar-refractivity contribution in [3.63, 3.8) is 0 Å². The third kappa shape index (κ3) is 7.64. The first-order valence-corrected chi connectivity index (χ1v) is 21.0. The van der Waals surface area contributed by atoms with Crippen molar-refractivity contribution in [1.29, 1.82) is 10.5 Å². The molecule has 2 N–H and O–H groups in total. The minimum atomic E-state index is -4.12. The number of sulfonamides is 2. The quantitative estimate of drug-likeness (QED) is 0.124. The first-order chi connectivity index (χ1) is 28.9. The number of aliphatic hydroxyl groups excluding tert-OH is 2. The summed E-state index contributed by atoms with van der Waals surface area (Å²) in [7, 11) is -8.25. The van der Waals surface area contributed by atoms with E-state index in [1.54, 1.807) is 133 Å². The van der Waals surface area contributed by atoms with Crippen LogP contribution in [0.2, 0.25) is 0 Å². The van der Waals surface area contributed by atoms with Gasteiger partial charge in [0.1, 0.15) is 11.4 Å². The van der Waals surface area contributed by atoms with Gasteiger partial charge in [0.15, 0.2) is 11.5 Å². The Balaban J connectivity index is 0.000000181. The van der Waals surface area contributed by atoms with E-state index in [-0.39, 0.29) is 45.4 Å². The van der Waals surface area contributed by atoms with E-state index in [1.807, 2.05) is 12.1 Å². The highest BCUT2D eigenvalue weighted by atomic mass is 32.2. The zero-order valence-corrected chi connectivity index (χ0v) is 33.0. The molecule has 60 heavy (non-hydrogen) atoms. The normalized spacial score (nSPS) is 16.5. The molecule has 0 fully saturated rings. The van der Waals surface area contributed by atoms with Gasteiger partial charge in [-0.1, -0.05) is 109 Å². The van der Waals surface area contributed by atoms with Crippen LogP contribution in [0, 0.1) is 22.7 Å². The SMILES string of the molecule is N#Cc1cccc(CN2/C(=C(/O)c3ccccc3)C(=O)c3ccccc3S2(=O)=O)c1.N#Cc1cccc(CN2/C(=C(/O)c3ccccc3)C(=O)c3ccccc3S2(=O)=O)c1. The molecule has 12 nitrogen and oxygen atoms in total. The van der Waals surface area contributed by atoms with Crippen molar-refractivity contribution in [3.8, 4) is 12.1 Å². The molecule has 0 unspecified atom stereocenters. The van der Waals surface area contributed by atoms with Crippen LogP contribution in [0.4, 0.5) is 0 Å². The highest BCUT2D eigenvalue weighted by Gasteiger charge is 2.43. The van der Waals surface area contributed by atoms with E-state index in [4.69, 9.17) is 10.5 Å². The largest absolute Gasteiger partial charge is 0.505 e. The smallest absolute Gasteiger partial charge is 0.265 e. The topological polar surface area (TPSA) is 197 Å². The van der Waals surface area contributed by atoms with E-state index >= 15 is 0 Å². The summed E-state index contributed by atoms with van der Waals surface area (Å²) in [5.41, 5.74) is 1.81. The van der Waals surface area contributed by atoms with E-state index in [1.165, 1.54) is 24.3 Å². The molecule has 14 heteroatoms. The third-order valence-corrected chi connectivity index (χ3v) is 13.2. The van der Waals surface area contributed by atoms with Crippen LogP contribution >= 0.6 is 0 Å². The highest BCUT2D eigenvalue weighted by Crippen LogP contribution is 2.38. The lowest BCUT2D eigenvalue weighted by Gasteiger charge is -2.32. The molecule has 6 aromatic carbocycles. The molecule has 0 radical (unpaired) electrons. The minimum Gasteiger partial charge on any atom is -0.505 e. The zero-order chi connectivity index (χ0) is 42.6. The summed E-state index contributed by atoms with van der Waals surface area (Å²) in [4.78, 5) is 26.3. The molecule has 6 aromatic rings. The Morgan fingerprint density at radius 2 is 0.833 bits per heavy atom. The van der Waals surface area contributed by atoms with Crippen molar-refractivity contribution in [2.45, 2.75) is 22.9 Å². The second kappa shape index (κ2) is 16.6. The summed E-state index contributed by atoms with van der Waals surface area (Å²) in [6, 6.07) is 45.4. The number of carbonyl (C=O) groups excluding carboxylic acids is 2. The molecule has 0 saturated carbocycles. The number of hydrogen-bond acceptors (Lipinski definition) is 10. The number of benzene rings is 6. The number of rotatable bonds is 6. The summed E-state index contributed by atoms with van der Waals surface area (Å²) in [6.45, 7) is -0.408. The van der Waals surface area contributed by atoms with Gasteiger partial charge in [-0.3, -0.25) is 18.2 Å². The molecule has 8 rings (SSSR count). The van der Waals surface area contributed by atoms with Crippen molar-refractivity contribution in [1.82, 2.24) is 8.61 Å². The molecule has 0 spiro atoms. The number of fused-ring (bicyclic) bond motifs is 2. The molecule has 2 aliphatic heterocycles. The number of aliphatic hydroxyl groups is 2. The van der Waals surface area contributed by atoms with E-state index in [2.05, 4.69) is 0 Å². The van der Waals surface area contributed by atoms with Crippen LogP contribution in [0.15, 0.2) is 179 Å².